The molecular weight excluding hydrogens is 232 g/mol. The van der Waals surface area contributed by atoms with Crippen molar-refractivity contribution in [3.8, 4) is 0 Å². The predicted octanol–water partition coefficient (Wildman–Crippen LogP) is 3.91. The lowest BCUT2D eigenvalue weighted by molar-refractivity contribution is 0.206. The van der Waals surface area contributed by atoms with Crippen LogP contribution in [0.1, 0.15) is 66.7 Å². The zero-order chi connectivity index (χ0) is 14.3. The summed E-state index contributed by atoms with van der Waals surface area (Å²) in [5.41, 5.74) is 0.369. The second-order valence-electron chi connectivity index (χ2n) is 7.54. The van der Waals surface area contributed by atoms with Crippen molar-refractivity contribution in [2.45, 2.75) is 72.8 Å². The molecule has 1 fully saturated rings. The molecule has 0 bridgehead atoms. The summed E-state index contributed by atoms with van der Waals surface area (Å²) in [6.07, 6.45) is 6.73. The van der Waals surface area contributed by atoms with E-state index in [1.807, 2.05) is 0 Å². The summed E-state index contributed by atoms with van der Waals surface area (Å²) in [6, 6.07) is 0.646. The van der Waals surface area contributed by atoms with Crippen molar-refractivity contribution in [3.05, 3.63) is 0 Å². The van der Waals surface area contributed by atoms with Crippen molar-refractivity contribution in [2.75, 3.05) is 26.2 Å². The van der Waals surface area contributed by atoms with Crippen molar-refractivity contribution in [1.82, 2.24) is 10.2 Å². The Bertz CT molecular complexity index is 232. The quantitative estimate of drug-likeness (QED) is 0.785. The van der Waals surface area contributed by atoms with Gasteiger partial charge in [0.15, 0.2) is 0 Å². The molecule has 1 aliphatic heterocycles. The fourth-order valence-corrected chi connectivity index (χ4v) is 3.02. The van der Waals surface area contributed by atoms with Crippen LogP contribution in [0.15, 0.2) is 0 Å². The molecule has 2 atom stereocenters. The summed E-state index contributed by atoms with van der Waals surface area (Å²) < 4.78 is 0. The minimum atomic E-state index is 0.369. The zero-order valence-electron chi connectivity index (χ0n) is 14.0. The Morgan fingerprint density at radius 1 is 1.21 bits per heavy atom. The van der Waals surface area contributed by atoms with Gasteiger partial charge in [-0.2, -0.15) is 0 Å². The van der Waals surface area contributed by atoms with E-state index in [9.17, 15) is 0 Å². The molecule has 114 valence electrons. The highest BCUT2D eigenvalue weighted by Gasteiger charge is 2.24. The van der Waals surface area contributed by atoms with E-state index in [1.54, 1.807) is 0 Å². The summed E-state index contributed by atoms with van der Waals surface area (Å²) in [7, 11) is 0. The van der Waals surface area contributed by atoms with Gasteiger partial charge in [-0.15, -0.1) is 0 Å². The summed E-state index contributed by atoms with van der Waals surface area (Å²) in [5.74, 6) is 0.932. The van der Waals surface area contributed by atoms with Crippen molar-refractivity contribution in [1.29, 1.82) is 0 Å². The summed E-state index contributed by atoms with van der Waals surface area (Å²) in [4.78, 5) is 2.69. The molecule has 0 aliphatic carbocycles. The van der Waals surface area contributed by atoms with Gasteiger partial charge in [-0.25, -0.2) is 0 Å². The van der Waals surface area contributed by atoms with Crippen LogP contribution < -0.4 is 5.32 Å². The first-order valence-corrected chi connectivity index (χ1v) is 8.39. The van der Waals surface area contributed by atoms with Gasteiger partial charge in [0.05, 0.1) is 0 Å². The van der Waals surface area contributed by atoms with E-state index in [0.29, 0.717) is 11.5 Å². The summed E-state index contributed by atoms with van der Waals surface area (Å²) in [6.45, 7) is 16.8. The van der Waals surface area contributed by atoms with Gasteiger partial charge in [-0.3, -0.25) is 0 Å². The van der Waals surface area contributed by atoms with Crippen molar-refractivity contribution in [2.24, 2.45) is 11.3 Å². The van der Waals surface area contributed by atoms with Crippen LogP contribution in [-0.2, 0) is 0 Å². The molecule has 0 amide bonds. The molecule has 19 heavy (non-hydrogen) atoms. The molecule has 0 aromatic carbocycles. The van der Waals surface area contributed by atoms with Gasteiger partial charge in [0.2, 0.25) is 0 Å². The fraction of sp³-hybridized carbons (Fsp3) is 1.00. The maximum absolute atomic E-state index is 3.75. The maximum atomic E-state index is 3.75. The Morgan fingerprint density at radius 2 is 1.95 bits per heavy atom. The molecule has 1 N–H and O–H groups in total. The van der Waals surface area contributed by atoms with Gasteiger partial charge in [0.25, 0.3) is 0 Å². The third-order valence-corrected chi connectivity index (χ3v) is 4.53. The first kappa shape index (κ1) is 17.0. The normalized spacial score (nSPS) is 24.2. The minimum absolute atomic E-state index is 0.369. The Morgan fingerprint density at radius 3 is 2.58 bits per heavy atom. The first-order valence-electron chi connectivity index (χ1n) is 8.39. The number of rotatable bonds is 6. The van der Waals surface area contributed by atoms with E-state index >= 15 is 0 Å². The van der Waals surface area contributed by atoms with Gasteiger partial charge in [0, 0.05) is 6.04 Å². The number of nitrogens with one attached hydrogen (secondary N) is 1. The Kier molecular flexibility index (Phi) is 7.38. The molecule has 1 aliphatic rings. The third kappa shape index (κ3) is 6.76. The second kappa shape index (κ2) is 8.26. The Balaban J connectivity index is 2.37. The lowest BCUT2D eigenvalue weighted by Crippen LogP contribution is -2.43. The minimum Gasteiger partial charge on any atom is -0.313 e. The van der Waals surface area contributed by atoms with Gasteiger partial charge < -0.3 is 10.2 Å². The van der Waals surface area contributed by atoms with Crippen molar-refractivity contribution in [3.63, 3.8) is 0 Å². The lowest BCUT2D eigenvalue weighted by Gasteiger charge is -2.33. The largest absolute Gasteiger partial charge is 0.313 e. The fourth-order valence-electron chi connectivity index (χ4n) is 3.02. The molecule has 0 aromatic heterocycles. The highest BCUT2D eigenvalue weighted by molar-refractivity contribution is 4.82. The van der Waals surface area contributed by atoms with E-state index < -0.39 is 0 Å². The first-order chi connectivity index (χ1) is 8.93. The second-order valence-corrected chi connectivity index (χ2v) is 7.54. The molecule has 2 unspecified atom stereocenters. The molecule has 0 aromatic rings. The molecule has 0 spiro atoms. The molecule has 0 saturated carbocycles. The van der Waals surface area contributed by atoms with Crippen molar-refractivity contribution >= 4 is 0 Å². The molecular formula is C17H36N2. The van der Waals surface area contributed by atoms with Crippen LogP contribution in [0, 0.1) is 11.3 Å². The zero-order valence-corrected chi connectivity index (χ0v) is 14.0. The van der Waals surface area contributed by atoms with Crippen LogP contribution in [-0.4, -0.2) is 37.1 Å². The van der Waals surface area contributed by atoms with Crippen molar-refractivity contribution < 1.29 is 0 Å². The molecule has 1 heterocycles. The monoisotopic (exact) mass is 268 g/mol. The van der Waals surface area contributed by atoms with E-state index in [2.05, 4.69) is 44.8 Å². The SMILES string of the molecule is CCCNC(CCN1CCCC(C)CC1)C(C)(C)C. The Hall–Kier alpha value is -0.0800. The topological polar surface area (TPSA) is 15.3 Å². The summed E-state index contributed by atoms with van der Waals surface area (Å²) in [5, 5.41) is 3.75. The highest BCUT2D eigenvalue weighted by Crippen LogP contribution is 2.23. The molecule has 0 radical (unpaired) electrons. The number of nitrogens with zero attached hydrogens (tertiary/aromatic N) is 1. The molecule has 1 saturated heterocycles. The van der Waals surface area contributed by atoms with E-state index in [0.717, 1.165) is 12.5 Å². The standard InChI is InChI=1S/C17H36N2/c1-6-11-18-16(17(3,4)5)10-14-19-12-7-8-15(2)9-13-19/h15-16,18H,6-14H2,1-5H3. The smallest absolute Gasteiger partial charge is 0.0128 e. The van der Waals surface area contributed by atoms with Gasteiger partial charge >= 0.3 is 0 Å². The molecule has 2 nitrogen and oxygen atoms in total. The van der Waals surface area contributed by atoms with Gasteiger partial charge in [-0.1, -0.05) is 34.6 Å². The predicted molar refractivity (Wildman–Crippen MR) is 85.6 cm³/mol. The van der Waals surface area contributed by atoms with Crippen LogP contribution in [0.5, 0.6) is 0 Å². The maximum Gasteiger partial charge on any atom is 0.0128 e. The van der Waals surface area contributed by atoms with E-state index in [4.69, 9.17) is 0 Å². The van der Waals surface area contributed by atoms with E-state index in [1.165, 1.54) is 51.7 Å². The average molecular weight is 268 g/mol. The van der Waals surface area contributed by atoms with Crippen LogP contribution in [0.3, 0.4) is 0 Å². The number of likely N-dealkylation sites (tertiary alicyclic amines) is 1. The number of hydrogen-bond donors (Lipinski definition) is 1. The summed E-state index contributed by atoms with van der Waals surface area (Å²) >= 11 is 0. The number of hydrogen-bond acceptors (Lipinski definition) is 2. The van der Waals surface area contributed by atoms with Crippen LogP contribution in [0.2, 0.25) is 0 Å². The van der Waals surface area contributed by atoms with Crippen LogP contribution >= 0.6 is 0 Å². The average Bonchev–Trinajstić information content (AvgIpc) is 2.52. The van der Waals surface area contributed by atoms with E-state index in [-0.39, 0.29) is 0 Å². The third-order valence-electron chi connectivity index (χ3n) is 4.53. The van der Waals surface area contributed by atoms with Crippen LogP contribution in [0.25, 0.3) is 0 Å². The molecule has 1 rings (SSSR count). The van der Waals surface area contributed by atoms with Crippen LogP contribution in [0.4, 0.5) is 0 Å². The van der Waals surface area contributed by atoms with Gasteiger partial charge in [-0.05, 0) is 69.6 Å². The highest BCUT2D eigenvalue weighted by atomic mass is 15.1. The van der Waals surface area contributed by atoms with Gasteiger partial charge in [0.1, 0.15) is 0 Å². The lowest BCUT2D eigenvalue weighted by atomic mass is 9.84. The Labute approximate surface area is 121 Å². The molecule has 2 heteroatoms.